The molecule has 0 saturated heterocycles. The van der Waals surface area contributed by atoms with Gasteiger partial charge in [0.15, 0.2) is 0 Å². The van der Waals surface area contributed by atoms with Crippen LogP contribution in [0.2, 0.25) is 10.0 Å². The summed E-state index contributed by atoms with van der Waals surface area (Å²) in [5.74, 6) is 0. The molecular formula is C14H17Cl2N3. The first-order chi connectivity index (χ1) is 8.99. The first-order valence-corrected chi connectivity index (χ1v) is 6.98. The molecule has 2 N–H and O–H groups in total. The zero-order valence-corrected chi connectivity index (χ0v) is 12.5. The van der Waals surface area contributed by atoms with Crippen molar-refractivity contribution in [3.8, 4) is 0 Å². The highest BCUT2D eigenvalue weighted by Gasteiger charge is 2.14. The highest BCUT2D eigenvalue weighted by atomic mass is 35.5. The van der Waals surface area contributed by atoms with E-state index in [9.17, 15) is 0 Å². The summed E-state index contributed by atoms with van der Waals surface area (Å²) in [5.41, 5.74) is 8.00. The van der Waals surface area contributed by atoms with Crippen molar-refractivity contribution in [2.45, 2.75) is 32.4 Å². The Kier molecular flexibility index (Phi) is 4.50. The van der Waals surface area contributed by atoms with E-state index in [0.717, 1.165) is 11.3 Å². The Morgan fingerprint density at radius 3 is 2.63 bits per heavy atom. The van der Waals surface area contributed by atoms with Crippen LogP contribution in [0.5, 0.6) is 0 Å². The molecule has 1 aromatic heterocycles. The van der Waals surface area contributed by atoms with Crippen LogP contribution in [0.15, 0.2) is 30.5 Å². The summed E-state index contributed by atoms with van der Waals surface area (Å²) in [7, 11) is 0. The van der Waals surface area contributed by atoms with Crippen LogP contribution in [0.4, 0.5) is 0 Å². The van der Waals surface area contributed by atoms with Gasteiger partial charge in [-0.1, -0.05) is 35.3 Å². The average molecular weight is 298 g/mol. The lowest BCUT2D eigenvalue weighted by atomic mass is 10.0. The summed E-state index contributed by atoms with van der Waals surface area (Å²) in [6.45, 7) is 4.18. The van der Waals surface area contributed by atoms with Gasteiger partial charge in [0.1, 0.15) is 0 Å². The number of nitrogens with zero attached hydrogens (tertiary/aromatic N) is 2. The largest absolute Gasteiger partial charge is 0.324 e. The van der Waals surface area contributed by atoms with Gasteiger partial charge in [-0.15, -0.1) is 0 Å². The molecule has 0 aliphatic heterocycles. The number of rotatable bonds is 4. The first-order valence-electron chi connectivity index (χ1n) is 6.22. The quantitative estimate of drug-likeness (QED) is 0.926. The molecule has 0 aliphatic rings. The number of benzene rings is 1. The molecule has 1 aromatic carbocycles. The highest BCUT2D eigenvalue weighted by Crippen LogP contribution is 2.30. The van der Waals surface area contributed by atoms with Gasteiger partial charge in [0.05, 0.1) is 15.7 Å². The van der Waals surface area contributed by atoms with E-state index in [1.54, 1.807) is 6.07 Å². The standard InChI is InChI=1S/C14H17Cl2N3/c1-9(2)19-7-6-10(18-19)8-13(17)11-4-3-5-12(15)14(11)16/h3-7,9,13H,8,17H2,1-2H3. The van der Waals surface area contributed by atoms with Crippen molar-refractivity contribution in [2.24, 2.45) is 5.73 Å². The Morgan fingerprint density at radius 1 is 1.26 bits per heavy atom. The van der Waals surface area contributed by atoms with Gasteiger partial charge < -0.3 is 5.73 Å². The van der Waals surface area contributed by atoms with Crippen LogP contribution in [0.1, 0.15) is 37.2 Å². The average Bonchev–Trinajstić information content (AvgIpc) is 2.81. The van der Waals surface area contributed by atoms with E-state index in [-0.39, 0.29) is 6.04 Å². The molecule has 0 bridgehead atoms. The Labute approximate surface area is 123 Å². The van der Waals surface area contributed by atoms with Crippen molar-refractivity contribution in [1.29, 1.82) is 0 Å². The summed E-state index contributed by atoms with van der Waals surface area (Å²) >= 11 is 12.2. The van der Waals surface area contributed by atoms with Crippen LogP contribution in [-0.2, 0) is 6.42 Å². The molecule has 0 spiro atoms. The summed E-state index contributed by atoms with van der Waals surface area (Å²) in [6.07, 6.45) is 2.60. The fourth-order valence-corrected chi connectivity index (χ4v) is 2.36. The minimum absolute atomic E-state index is 0.207. The van der Waals surface area contributed by atoms with E-state index in [1.807, 2.05) is 29.1 Å². The molecule has 1 heterocycles. The van der Waals surface area contributed by atoms with Crippen LogP contribution < -0.4 is 5.73 Å². The number of nitrogens with two attached hydrogens (primary N) is 1. The summed E-state index contributed by atoms with van der Waals surface area (Å²) < 4.78 is 1.92. The summed E-state index contributed by atoms with van der Waals surface area (Å²) in [5, 5.41) is 5.55. The molecule has 2 aromatic rings. The van der Waals surface area contributed by atoms with Crippen molar-refractivity contribution in [2.75, 3.05) is 0 Å². The Balaban J connectivity index is 2.16. The summed E-state index contributed by atoms with van der Waals surface area (Å²) in [6, 6.07) is 7.64. The molecule has 0 fully saturated rings. The highest BCUT2D eigenvalue weighted by molar-refractivity contribution is 6.42. The van der Waals surface area contributed by atoms with E-state index in [0.29, 0.717) is 22.5 Å². The monoisotopic (exact) mass is 297 g/mol. The van der Waals surface area contributed by atoms with Crippen LogP contribution in [-0.4, -0.2) is 9.78 Å². The zero-order valence-electron chi connectivity index (χ0n) is 11.0. The van der Waals surface area contributed by atoms with Gasteiger partial charge in [0.25, 0.3) is 0 Å². The fraction of sp³-hybridized carbons (Fsp3) is 0.357. The number of aromatic nitrogens is 2. The molecule has 0 amide bonds. The molecule has 0 saturated carbocycles. The van der Waals surface area contributed by atoms with Gasteiger partial charge >= 0.3 is 0 Å². The third kappa shape index (κ3) is 3.30. The van der Waals surface area contributed by atoms with Crippen molar-refractivity contribution >= 4 is 23.2 Å². The van der Waals surface area contributed by atoms with E-state index < -0.39 is 0 Å². The Bertz CT molecular complexity index is 564. The van der Waals surface area contributed by atoms with Gasteiger partial charge in [-0.25, -0.2) is 0 Å². The third-order valence-electron chi connectivity index (χ3n) is 3.00. The maximum Gasteiger partial charge on any atom is 0.0643 e. The Morgan fingerprint density at radius 2 is 2.00 bits per heavy atom. The van der Waals surface area contributed by atoms with Crippen LogP contribution in [0, 0.1) is 0 Å². The molecular weight excluding hydrogens is 281 g/mol. The van der Waals surface area contributed by atoms with Gasteiger partial charge in [0, 0.05) is 24.7 Å². The van der Waals surface area contributed by atoms with Crippen molar-refractivity contribution in [3.63, 3.8) is 0 Å². The number of halogens is 2. The first kappa shape index (κ1) is 14.4. The molecule has 0 radical (unpaired) electrons. The minimum Gasteiger partial charge on any atom is -0.324 e. The second-order valence-electron chi connectivity index (χ2n) is 4.83. The number of hydrogen-bond acceptors (Lipinski definition) is 2. The lowest BCUT2D eigenvalue weighted by Gasteiger charge is -2.13. The molecule has 2 rings (SSSR count). The van der Waals surface area contributed by atoms with Crippen LogP contribution in [0.3, 0.4) is 0 Å². The molecule has 5 heteroatoms. The maximum atomic E-state index is 6.19. The molecule has 0 aliphatic carbocycles. The van der Waals surface area contributed by atoms with Crippen molar-refractivity contribution in [1.82, 2.24) is 9.78 Å². The van der Waals surface area contributed by atoms with Crippen molar-refractivity contribution in [3.05, 3.63) is 51.8 Å². The van der Waals surface area contributed by atoms with Crippen molar-refractivity contribution < 1.29 is 0 Å². The van der Waals surface area contributed by atoms with E-state index in [2.05, 4.69) is 18.9 Å². The van der Waals surface area contributed by atoms with Gasteiger partial charge in [0.2, 0.25) is 0 Å². The number of hydrogen-bond donors (Lipinski definition) is 1. The van der Waals surface area contributed by atoms with Crippen LogP contribution in [0.25, 0.3) is 0 Å². The predicted octanol–water partition coefficient (Wildman–Crippen LogP) is 4.01. The molecule has 3 nitrogen and oxygen atoms in total. The minimum atomic E-state index is -0.207. The molecule has 19 heavy (non-hydrogen) atoms. The molecule has 102 valence electrons. The second kappa shape index (κ2) is 5.95. The van der Waals surface area contributed by atoms with Crippen LogP contribution >= 0.6 is 23.2 Å². The van der Waals surface area contributed by atoms with Gasteiger partial charge in [-0.3, -0.25) is 4.68 Å². The second-order valence-corrected chi connectivity index (χ2v) is 5.62. The SMILES string of the molecule is CC(C)n1ccc(CC(N)c2cccc(Cl)c2Cl)n1. The van der Waals surface area contributed by atoms with Gasteiger partial charge in [-0.05, 0) is 31.5 Å². The fourth-order valence-electron chi connectivity index (χ4n) is 1.92. The normalized spacial score (nSPS) is 12.9. The summed E-state index contributed by atoms with van der Waals surface area (Å²) in [4.78, 5) is 0. The maximum absolute atomic E-state index is 6.19. The lowest BCUT2D eigenvalue weighted by Crippen LogP contribution is -2.14. The van der Waals surface area contributed by atoms with E-state index >= 15 is 0 Å². The topological polar surface area (TPSA) is 43.8 Å². The molecule has 1 unspecified atom stereocenters. The lowest BCUT2D eigenvalue weighted by molar-refractivity contribution is 0.522. The Hall–Kier alpha value is -1.03. The molecule has 1 atom stereocenters. The van der Waals surface area contributed by atoms with Gasteiger partial charge in [-0.2, -0.15) is 5.10 Å². The predicted molar refractivity (Wildman–Crippen MR) is 79.7 cm³/mol. The smallest absolute Gasteiger partial charge is 0.0643 e. The van der Waals surface area contributed by atoms with E-state index in [4.69, 9.17) is 28.9 Å². The third-order valence-corrected chi connectivity index (χ3v) is 3.84. The van der Waals surface area contributed by atoms with E-state index in [1.165, 1.54) is 0 Å². The zero-order chi connectivity index (χ0) is 14.0.